The van der Waals surface area contributed by atoms with Crippen molar-refractivity contribution in [1.82, 2.24) is 5.32 Å². The largest absolute Gasteiger partial charge is 0.416 e. The highest BCUT2D eigenvalue weighted by atomic mass is 19.4. The smallest absolute Gasteiger partial charge is 0.350 e. The highest BCUT2D eigenvalue weighted by Gasteiger charge is 2.35. The number of alkyl halides is 3. The molecule has 0 bridgehead atoms. The van der Waals surface area contributed by atoms with Crippen LogP contribution in [0.3, 0.4) is 0 Å². The van der Waals surface area contributed by atoms with E-state index in [1.807, 2.05) is 6.92 Å². The fourth-order valence-electron chi connectivity index (χ4n) is 2.36. The maximum atomic E-state index is 13.1. The number of benzene rings is 1. The summed E-state index contributed by atoms with van der Waals surface area (Å²) in [7, 11) is 0. The molecule has 0 aromatic heterocycles. The van der Waals surface area contributed by atoms with Gasteiger partial charge in [-0.2, -0.15) is 13.2 Å². The van der Waals surface area contributed by atoms with Gasteiger partial charge in [0, 0.05) is 12.5 Å². The van der Waals surface area contributed by atoms with E-state index in [4.69, 9.17) is 9.47 Å². The standard InChI is InChI=1S/C14H18F3NO2/c1-2-18-12(9-13-19-7-8-20-13)10-5-3-4-6-11(10)14(15,16)17/h3-6,12-13,18H,2,7-9H2,1H3. The summed E-state index contributed by atoms with van der Waals surface area (Å²) in [5.74, 6) is 0. The van der Waals surface area contributed by atoms with Gasteiger partial charge in [-0.15, -0.1) is 0 Å². The second-order valence-corrected chi connectivity index (χ2v) is 4.60. The number of rotatable bonds is 5. The molecule has 0 saturated carbocycles. The van der Waals surface area contributed by atoms with E-state index < -0.39 is 24.1 Å². The summed E-state index contributed by atoms with van der Waals surface area (Å²) in [5.41, 5.74) is -0.370. The summed E-state index contributed by atoms with van der Waals surface area (Å²) in [4.78, 5) is 0. The Morgan fingerprint density at radius 1 is 1.25 bits per heavy atom. The normalized spacial score (nSPS) is 18.4. The van der Waals surface area contributed by atoms with Crippen LogP contribution in [0.25, 0.3) is 0 Å². The van der Waals surface area contributed by atoms with Crippen LogP contribution in [-0.2, 0) is 15.7 Å². The zero-order chi connectivity index (χ0) is 14.6. The number of hydrogen-bond acceptors (Lipinski definition) is 3. The molecule has 6 heteroatoms. The van der Waals surface area contributed by atoms with Crippen LogP contribution in [0.2, 0.25) is 0 Å². The lowest BCUT2D eigenvalue weighted by Gasteiger charge is -2.24. The monoisotopic (exact) mass is 289 g/mol. The van der Waals surface area contributed by atoms with E-state index in [0.29, 0.717) is 26.2 Å². The molecule has 1 N–H and O–H groups in total. The van der Waals surface area contributed by atoms with Gasteiger partial charge in [-0.3, -0.25) is 0 Å². The molecule has 0 amide bonds. The third-order valence-corrected chi connectivity index (χ3v) is 3.21. The van der Waals surface area contributed by atoms with Crippen LogP contribution in [0, 0.1) is 0 Å². The number of nitrogens with one attached hydrogen (secondary N) is 1. The third-order valence-electron chi connectivity index (χ3n) is 3.21. The zero-order valence-electron chi connectivity index (χ0n) is 11.2. The molecule has 1 aliphatic rings. The molecule has 20 heavy (non-hydrogen) atoms. The summed E-state index contributed by atoms with van der Waals surface area (Å²) in [5, 5.41) is 3.08. The molecule has 0 spiro atoms. The molecule has 0 aliphatic carbocycles. The average Bonchev–Trinajstić information content (AvgIpc) is 2.90. The molecule has 1 aromatic rings. The minimum Gasteiger partial charge on any atom is -0.350 e. The Hall–Kier alpha value is -1.11. The van der Waals surface area contributed by atoms with Gasteiger partial charge in [0.2, 0.25) is 0 Å². The molecule has 112 valence electrons. The minimum atomic E-state index is -4.36. The van der Waals surface area contributed by atoms with Crippen molar-refractivity contribution in [3.63, 3.8) is 0 Å². The molecule has 2 rings (SSSR count). The summed E-state index contributed by atoms with van der Waals surface area (Å²) < 4.78 is 49.9. The van der Waals surface area contributed by atoms with Gasteiger partial charge in [0.05, 0.1) is 18.8 Å². The second kappa shape index (κ2) is 6.56. The van der Waals surface area contributed by atoms with Crippen molar-refractivity contribution in [1.29, 1.82) is 0 Å². The molecule has 1 atom stereocenters. The third kappa shape index (κ3) is 3.71. The van der Waals surface area contributed by atoms with Gasteiger partial charge in [-0.05, 0) is 18.2 Å². The Morgan fingerprint density at radius 2 is 1.90 bits per heavy atom. The van der Waals surface area contributed by atoms with Crippen LogP contribution < -0.4 is 5.32 Å². The van der Waals surface area contributed by atoms with E-state index in [1.54, 1.807) is 6.07 Å². The van der Waals surface area contributed by atoms with Gasteiger partial charge in [0.1, 0.15) is 0 Å². The molecule has 1 unspecified atom stereocenters. The Kier molecular flexibility index (Phi) is 5.01. The maximum Gasteiger partial charge on any atom is 0.416 e. The molecule has 1 aromatic carbocycles. The van der Waals surface area contributed by atoms with Crippen LogP contribution in [-0.4, -0.2) is 26.0 Å². The highest BCUT2D eigenvalue weighted by molar-refractivity contribution is 5.32. The maximum absolute atomic E-state index is 13.1. The fourth-order valence-corrected chi connectivity index (χ4v) is 2.36. The van der Waals surface area contributed by atoms with E-state index in [-0.39, 0.29) is 5.56 Å². The molecular weight excluding hydrogens is 271 g/mol. The summed E-state index contributed by atoms with van der Waals surface area (Å²) in [6, 6.07) is 5.19. The average molecular weight is 289 g/mol. The van der Waals surface area contributed by atoms with E-state index in [9.17, 15) is 13.2 Å². The summed E-state index contributed by atoms with van der Waals surface area (Å²) in [6.07, 6.45) is -4.44. The van der Waals surface area contributed by atoms with Crippen molar-refractivity contribution in [3.8, 4) is 0 Å². The Bertz CT molecular complexity index is 431. The van der Waals surface area contributed by atoms with Crippen LogP contribution in [0.15, 0.2) is 24.3 Å². The van der Waals surface area contributed by atoms with Crippen molar-refractivity contribution in [2.75, 3.05) is 19.8 Å². The molecular formula is C14H18F3NO2. The zero-order valence-corrected chi connectivity index (χ0v) is 11.2. The highest BCUT2D eigenvalue weighted by Crippen LogP contribution is 2.36. The molecule has 1 fully saturated rings. The topological polar surface area (TPSA) is 30.5 Å². The molecule has 1 saturated heterocycles. The molecule has 3 nitrogen and oxygen atoms in total. The fraction of sp³-hybridized carbons (Fsp3) is 0.571. The van der Waals surface area contributed by atoms with Crippen molar-refractivity contribution in [2.45, 2.75) is 31.9 Å². The lowest BCUT2D eigenvalue weighted by atomic mass is 9.97. The summed E-state index contributed by atoms with van der Waals surface area (Å²) in [6.45, 7) is 3.41. The number of ether oxygens (including phenoxy) is 2. The first kappa shape index (κ1) is 15.3. The lowest BCUT2D eigenvalue weighted by molar-refractivity contribution is -0.138. The quantitative estimate of drug-likeness (QED) is 0.903. The Balaban J connectivity index is 2.24. The molecule has 1 aliphatic heterocycles. The predicted molar refractivity (Wildman–Crippen MR) is 68.2 cm³/mol. The predicted octanol–water partition coefficient (Wildman–Crippen LogP) is 3.12. The van der Waals surface area contributed by atoms with Crippen LogP contribution in [0.4, 0.5) is 13.2 Å². The van der Waals surface area contributed by atoms with Gasteiger partial charge in [0.15, 0.2) is 6.29 Å². The van der Waals surface area contributed by atoms with E-state index in [2.05, 4.69) is 5.32 Å². The van der Waals surface area contributed by atoms with Crippen molar-refractivity contribution in [2.24, 2.45) is 0 Å². The number of halogens is 3. The van der Waals surface area contributed by atoms with Gasteiger partial charge in [-0.1, -0.05) is 25.1 Å². The first-order valence-electron chi connectivity index (χ1n) is 6.65. The van der Waals surface area contributed by atoms with Crippen molar-refractivity contribution >= 4 is 0 Å². The SMILES string of the molecule is CCNC(CC1OCCO1)c1ccccc1C(F)(F)F. The second-order valence-electron chi connectivity index (χ2n) is 4.60. The number of hydrogen-bond donors (Lipinski definition) is 1. The van der Waals surface area contributed by atoms with Gasteiger partial charge in [0.25, 0.3) is 0 Å². The van der Waals surface area contributed by atoms with Crippen LogP contribution in [0.1, 0.15) is 30.5 Å². The molecule has 1 heterocycles. The van der Waals surface area contributed by atoms with Crippen LogP contribution >= 0.6 is 0 Å². The first-order valence-corrected chi connectivity index (χ1v) is 6.65. The first-order chi connectivity index (χ1) is 9.52. The lowest BCUT2D eigenvalue weighted by Crippen LogP contribution is -2.28. The Labute approximate surface area is 116 Å². The van der Waals surface area contributed by atoms with Gasteiger partial charge < -0.3 is 14.8 Å². The Morgan fingerprint density at radius 3 is 2.50 bits per heavy atom. The van der Waals surface area contributed by atoms with Crippen LogP contribution in [0.5, 0.6) is 0 Å². The van der Waals surface area contributed by atoms with E-state index >= 15 is 0 Å². The van der Waals surface area contributed by atoms with Gasteiger partial charge >= 0.3 is 6.18 Å². The molecule has 0 radical (unpaired) electrons. The van der Waals surface area contributed by atoms with E-state index in [0.717, 1.165) is 6.07 Å². The van der Waals surface area contributed by atoms with Gasteiger partial charge in [-0.25, -0.2) is 0 Å². The van der Waals surface area contributed by atoms with Crippen molar-refractivity contribution in [3.05, 3.63) is 35.4 Å². The van der Waals surface area contributed by atoms with E-state index in [1.165, 1.54) is 12.1 Å². The minimum absolute atomic E-state index is 0.237. The van der Waals surface area contributed by atoms with Crippen molar-refractivity contribution < 1.29 is 22.6 Å². The summed E-state index contributed by atoms with van der Waals surface area (Å²) >= 11 is 0.